The van der Waals surface area contributed by atoms with Crippen LogP contribution in [-0.4, -0.2) is 48.5 Å². The number of hydrogen-bond donors (Lipinski definition) is 2. The van der Waals surface area contributed by atoms with Gasteiger partial charge in [0, 0.05) is 11.4 Å². The zero-order valence-corrected chi connectivity index (χ0v) is 18.3. The quantitative estimate of drug-likeness (QED) is 0.249. The lowest BCUT2D eigenvalue weighted by Crippen LogP contribution is -2.24. The van der Waals surface area contributed by atoms with Crippen LogP contribution >= 0.6 is 22.6 Å². The van der Waals surface area contributed by atoms with E-state index in [9.17, 15) is 14.4 Å². The SMILES string of the molecule is CC(=O)Nc1nc2c(ncn2COC(CCI)COC(=O)c2ccccc2)c(=O)[nH]1. The van der Waals surface area contributed by atoms with Gasteiger partial charge in [0.05, 0.1) is 18.0 Å². The second-order valence-corrected chi connectivity index (χ2v) is 7.42. The van der Waals surface area contributed by atoms with Gasteiger partial charge in [-0.1, -0.05) is 40.8 Å². The molecular formula is C19H20IN5O5. The van der Waals surface area contributed by atoms with Gasteiger partial charge >= 0.3 is 5.97 Å². The second-order valence-electron chi connectivity index (χ2n) is 6.34. The maximum absolute atomic E-state index is 12.1. The fourth-order valence-electron chi connectivity index (χ4n) is 2.62. The predicted octanol–water partition coefficient (Wildman–Crippen LogP) is 2.10. The number of amides is 1. The molecule has 3 aromatic rings. The summed E-state index contributed by atoms with van der Waals surface area (Å²) in [6.45, 7) is 1.46. The molecule has 0 radical (unpaired) electrons. The highest BCUT2D eigenvalue weighted by molar-refractivity contribution is 14.1. The molecule has 0 spiro atoms. The van der Waals surface area contributed by atoms with Crippen molar-refractivity contribution in [2.45, 2.75) is 26.2 Å². The molecule has 1 aromatic carbocycles. The summed E-state index contributed by atoms with van der Waals surface area (Å²) in [5.74, 6) is -0.747. The van der Waals surface area contributed by atoms with Crippen LogP contribution in [0.5, 0.6) is 0 Å². The fraction of sp³-hybridized carbons (Fsp3) is 0.316. The summed E-state index contributed by atoms with van der Waals surface area (Å²) in [5, 5.41) is 2.44. The van der Waals surface area contributed by atoms with Gasteiger partial charge in [0.25, 0.3) is 5.56 Å². The molecule has 1 atom stereocenters. The highest BCUT2D eigenvalue weighted by Crippen LogP contribution is 2.11. The zero-order chi connectivity index (χ0) is 21.5. The number of anilines is 1. The maximum atomic E-state index is 12.1. The number of benzene rings is 1. The van der Waals surface area contributed by atoms with Gasteiger partial charge in [-0.3, -0.25) is 24.5 Å². The molecule has 2 aromatic heterocycles. The van der Waals surface area contributed by atoms with E-state index in [2.05, 4.69) is 42.9 Å². The van der Waals surface area contributed by atoms with Gasteiger partial charge in [0.2, 0.25) is 11.9 Å². The third kappa shape index (κ3) is 5.63. The summed E-state index contributed by atoms with van der Waals surface area (Å²) in [4.78, 5) is 46.2. The highest BCUT2D eigenvalue weighted by Gasteiger charge is 2.16. The largest absolute Gasteiger partial charge is 0.459 e. The van der Waals surface area contributed by atoms with E-state index in [0.29, 0.717) is 12.0 Å². The van der Waals surface area contributed by atoms with Gasteiger partial charge < -0.3 is 9.47 Å². The Bertz CT molecular complexity index is 1080. The van der Waals surface area contributed by atoms with E-state index < -0.39 is 11.5 Å². The van der Waals surface area contributed by atoms with Crippen LogP contribution in [0.25, 0.3) is 11.2 Å². The molecule has 158 valence electrons. The van der Waals surface area contributed by atoms with Crippen molar-refractivity contribution < 1.29 is 19.1 Å². The van der Waals surface area contributed by atoms with Crippen molar-refractivity contribution in [3.8, 4) is 0 Å². The summed E-state index contributed by atoms with van der Waals surface area (Å²) in [5.41, 5.74) is 0.411. The third-order valence-electron chi connectivity index (χ3n) is 4.06. The number of alkyl halides is 1. The number of aromatic nitrogens is 4. The number of ether oxygens (including phenoxy) is 2. The van der Waals surface area contributed by atoms with Crippen LogP contribution in [0.3, 0.4) is 0 Å². The van der Waals surface area contributed by atoms with Crippen LogP contribution in [0, 0.1) is 0 Å². The first-order valence-corrected chi connectivity index (χ1v) is 10.6. The summed E-state index contributed by atoms with van der Waals surface area (Å²) < 4.78 is 13.6. The number of nitrogens with zero attached hydrogens (tertiary/aromatic N) is 3. The van der Waals surface area contributed by atoms with E-state index in [-0.39, 0.29) is 42.5 Å². The molecule has 1 unspecified atom stereocenters. The number of halogens is 1. The smallest absolute Gasteiger partial charge is 0.338 e. The predicted molar refractivity (Wildman–Crippen MR) is 118 cm³/mol. The highest BCUT2D eigenvalue weighted by atomic mass is 127. The lowest BCUT2D eigenvalue weighted by molar-refractivity contribution is -0.114. The molecule has 30 heavy (non-hydrogen) atoms. The topological polar surface area (TPSA) is 128 Å². The minimum absolute atomic E-state index is 0.0300. The minimum Gasteiger partial charge on any atom is -0.459 e. The van der Waals surface area contributed by atoms with Crippen molar-refractivity contribution >= 4 is 51.6 Å². The fourth-order valence-corrected chi connectivity index (χ4v) is 3.32. The molecule has 2 heterocycles. The molecule has 0 bridgehead atoms. The summed E-state index contributed by atoms with van der Waals surface area (Å²) >= 11 is 2.22. The molecule has 11 heteroatoms. The normalized spacial score (nSPS) is 11.9. The van der Waals surface area contributed by atoms with Gasteiger partial charge in [-0.15, -0.1) is 0 Å². The number of carbonyl (C=O) groups is 2. The average molecular weight is 525 g/mol. The number of nitrogens with one attached hydrogen (secondary N) is 2. The number of rotatable bonds is 9. The van der Waals surface area contributed by atoms with E-state index in [0.717, 1.165) is 4.43 Å². The molecule has 0 aliphatic rings. The van der Waals surface area contributed by atoms with E-state index in [1.165, 1.54) is 13.3 Å². The Labute approximate surface area is 185 Å². The van der Waals surface area contributed by atoms with Crippen molar-refractivity contribution in [3.63, 3.8) is 0 Å². The van der Waals surface area contributed by atoms with Gasteiger partial charge in [-0.2, -0.15) is 4.98 Å². The van der Waals surface area contributed by atoms with E-state index in [1.807, 2.05) is 6.07 Å². The number of esters is 1. The Morgan fingerprint density at radius 1 is 1.30 bits per heavy atom. The first-order valence-electron chi connectivity index (χ1n) is 9.10. The van der Waals surface area contributed by atoms with Crippen molar-refractivity contribution in [2.24, 2.45) is 0 Å². The van der Waals surface area contributed by atoms with Gasteiger partial charge in [-0.05, 0) is 18.6 Å². The average Bonchev–Trinajstić information content (AvgIpc) is 3.13. The summed E-state index contributed by atoms with van der Waals surface area (Å²) in [6.07, 6.45) is 1.76. The Morgan fingerprint density at radius 2 is 2.07 bits per heavy atom. The Balaban J connectivity index is 1.67. The summed E-state index contributed by atoms with van der Waals surface area (Å²) in [6, 6.07) is 8.73. The number of hydrogen-bond acceptors (Lipinski definition) is 7. The Hall–Kier alpha value is -2.80. The molecule has 0 aliphatic carbocycles. The maximum Gasteiger partial charge on any atom is 0.338 e. The first-order chi connectivity index (χ1) is 14.5. The van der Waals surface area contributed by atoms with Crippen molar-refractivity contribution in [3.05, 3.63) is 52.6 Å². The van der Waals surface area contributed by atoms with Crippen molar-refractivity contribution in [1.82, 2.24) is 19.5 Å². The number of carbonyl (C=O) groups excluding carboxylic acids is 2. The zero-order valence-electron chi connectivity index (χ0n) is 16.1. The number of imidazole rings is 1. The van der Waals surface area contributed by atoms with E-state index >= 15 is 0 Å². The molecule has 0 saturated heterocycles. The third-order valence-corrected chi connectivity index (χ3v) is 4.68. The van der Waals surface area contributed by atoms with E-state index in [4.69, 9.17) is 9.47 Å². The molecule has 10 nitrogen and oxygen atoms in total. The van der Waals surface area contributed by atoms with Crippen LogP contribution in [0.15, 0.2) is 41.5 Å². The van der Waals surface area contributed by atoms with Crippen molar-refractivity contribution in [2.75, 3.05) is 16.4 Å². The molecular weight excluding hydrogens is 505 g/mol. The molecule has 1 amide bonds. The number of aromatic amines is 1. The minimum atomic E-state index is -0.469. The first kappa shape index (κ1) is 21.9. The molecule has 3 rings (SSSR count). The van der Waals surface area contributed by atoms with E-state index in [1.54, 1.807) is 28.8 Å². The van der Waals surface area contributed by atoms with Gasteiger partial charge in [0.1, 0.15) is 13.3 Å². The Morgan fingerprint density at radius 3 is 2.77 bits per heavy atom. The van der Waals surface area contributed by atoms with Crippen LogP contribution in [0.4, 0.5) is 5.95 Å². The lowest BCUT2D eigenvalue weighted by atomic mass is 10.2. The molecule has 0 fully saturated rings. The lowest BCUT2D eigenvalue weighted by Gasteiger charge is -2.17. The number of H-pyrrole nitrogens is 1. The van der Waals surface area contributed by atoms with Gasteiger partial charge in [-0.25, -0.2) is 9.78 Å². The monoisotopic (exact) mass is 525 g/mol. The summed E-state index contributed by atoms with van der Waals surface area (Å²) in [7, 11) is 0. The van der Waals surface area contributed by atoms with Gasteiger partial charge in [0.15, 0.2) is 11.2 Å². The Kier molecular flexibility index (Phi) is 7.52. The second kappa shape index (κ2) is 10.3. The number of fused-ring (bicyclic) bond motifs is 1. The molecule has 2 N–H and O–H groups in total. The van der Waals surface area contributed by atoms with Crippen LogP contribution < -0.4 is 10.9 Å². The van der Waals surface area contributed by atoms with Crippen LogP contribution in [-0.2, 0) is 21.0 Å². The standard InChI is InChI=1S/C19H20IN5O5/c1-12(26)22-19-23-16-15(17(27)24-19)21-10-25(16)11-30-14(7-8-20)9-29-18(28)13-5-3-2-4-6-13/h2-6,10,14H,7-9,11H2,1H3,(H2,22,23,24,26,27). The molecule has 0 saturated carbocycles. The van der Waals surface area contributed by atoms with Crippen molar-refractivity contribution in [1.29, 1.82) is 0 Å². The molecule has 0 aliphatic heterocycles. The van der Waals surface area contributed by atoms with Crippen LogP contribution in [0.2, 0.25) is 0 Å². The van der Waals surface area contributed by atoms with Crippen LogP contribution in [0.1, 0.15) is 23.7 Å².